The third-order valence-electron chi connectivity index (χ3n) is 4.11. The highest BCUT2D eigenvalue weighted by Crippen LogP contribution is 2.65. The number of anilines is 1. The largest absolute Gasteiger partial charge is 0.469 e. The van der Waals surface area contributed by atoms with Gasteiger partial charge in [0.05, 0.1) is 26.1 Å². The van der Waals surface area contributed by atoms with Crippen LogP contribution in [0.25, 0.3) is 0 Å². The van der Waals surface area contributed by atoms with Crippen molar-refractivity contribution in [2.45, 2.75) is 5.41 Å². The monoisotopic (exact) mass is 275 g/mol. The number of para-hydroxylation sites is 1. The van der Waals surface area contributed by atoms with E-state index in [9.17, 15) is 14.4 Å². The lowest BCUT2D eigenvalue weighted by Gasteiger charge is -2.07. The number of fused-ring (bicyclic) bond motifs is 2. The first-order valence-electron chi connectivity index (χ1n) is 6.15. The Morgan fingerprint density at radius 1 is 1.10 bits per heavy atom. The average molecular weight is 275 g/mol. The molecule has 1 amide bonds. The minimum atomic E-state index is -1.18. The van der Waals surface area contributed by atoms with Crippen LogP contribution < -0.4 is 5.32 Å². The van der Waals surface area contributed by atoms with Gasteiger partial charge < -0.3 is 14.8 Å². The predicted octanol–water partition coefficient (Wildman–Crippen LogP) is 0.468. The zero-order chi connectivity index (χ0) is 14.5. The highest BCUT2D eigenvalue weighted by molar-refractivity contribution is 6.16. The van der Waals surface area contributed by atoms with Crippen molar-refractivity contribution in [2.75, 3.05) is 19.5 Å². The molecule has 1 aliphatic carbocycles. The van der Waals surface area contributed by atoms with Gasteiger partial charge in [-0.05, 0) is 11.6 Å². The van der Waals surface area contributed by atoms with Crippen LogP contribution in [0.1, 0.15) is 5.56 Å². The van der Waals surface area contributed by atoms with Crippen LogP contribution in [-0.4, -0.2) is 32.1 Å². The first-order valence-corrected chi connectivity index (χ1v) is 6.15. The van der Waals surface area contributed by atoms with Crippen LogP contribution in [0.2, 0.25) is 0 Å². The molecule has 1 aromatic rings. The number of ether oxygens (including phenoxy) is 2. The quantitative estimate of drug-likeness (QED) is 0.793. The molecule has 1 N–H and O–H groups in total. The minimum absolute atomic E-state index is 0.357. The van der Waals surface area contributed by atoms with Crippen LogP contribution in [0, 0.1) is 11.8 Å². The maximum absolute atomic E-state index is 12.4. The van der Waals surface area contributed by atoms with E-state index < -0.39 is 29.2 Å². The Bertz CT molecular complexity index is 602. The summed E-state index contributed by atoms with van der Waals surface area (Å²) in [7, 11) is 2.48. The Morgan fingerprint density at radius 3 is 2.20 bits per heavy atom. The van der Waals surface area contributed by atoms with Crippen molar-refractivity contribution in [1.82, 2.24) is 0 Å². The molecule has 3 rings (SSSR count). The van der Waals surface area contributed by atoms with Gasteiger partial charge in [-0.1, -0.05) is 18.2 Å². The normalized spacial score (nSPS) is 29.6. The van der Waals surface area contributed by atoms with E-state index in [0.29, 0.717) is 11.3 Å². The fourth-order valence-electron chi connectivity index (χ4n) is 3.20. The number of hydrogen-bond donors (Lipinski definition) is 1. The Balaban J connectivity index is 2.13. The number of hydrogen-bond acceptors (Lipinski definition) is 5. The van der Waals surface area contributed by atoms with E-state index >= 15 is 0 Å². The Kier molecular flexibility index (Phi) is 2.57. The van der Waals surface area contributed by atoms with Crippen LogP contribution in [0.5, 0.6) is 0 Å². The Labute approximate surface area is 115 Å². The van der Waals surface area contributed by atoms with Crippen molar-refractivity contribution >= 4 is 23.5 Å². The summed E-state index contributed by atoms with van der Waals surface area (Å²) in [5.74, 6) is -3.17. The fraction of sp³-hybridized carbons (Fsp3) is 0.357. The van der Waals surface area contributed by atoms with Gasteiger partial charge in [0.25, 0.3) is 0 Å². The molecule has 0 radical (unpaired) electrons. The van der Waals surface area contributed by atoms with Gasteiger partial charge in [0.15, 0.2) is 0 Å². The van der Waals surface area contributed by atoms with E-state index in [1.165, 1.54) is 14.2 Å². The summed E-state index contributed by atoms with van der Waals surface area (Å²) in [5, 5.41) is 2.71. The summed E-state index contributed by atoms with van der Waals surface area (Å²) in [6.07, 6.45) is 0. The molecule has 20 heavy (non-hydrogen) atoms. The van der Waals surface area contributed by atoms with Gasteiger partial charge in [-0.15, -0.1) is 0 Å². The first kappa shape index (κ1) is 12.7. The predicted molar refractivity (Wildman–Crippen MR) is 67.8 cm³/mol. The van der Waals surface area contributed by atoms with Crippen LogP contribution >= 0.6 is 0 Å². The van der Waals surface area contributed by atoms with E-state index in [2.05, 4.69) is 5.32 Å². The lowest BCUT2D eigenvalue weighted by atomic mass is 9.93. The molecule has 1 aromatic carbocycles. The second kappa shape index (κ2) is 4.06. The number of rotatable bonds is 2. The molecule has 0 aromatic heterocycles. The number of amides is 1. The maximum Gasteiger partial charge on any atom is 0.311 e. The Morgan fingerprint density at radius 2 is 1.65 bits per heavy atom. The summed E-state index contributed by atoms with van der Waals surface area (Å²) in [6.45, 7) is 0. The van der Waals surface area contributed by atoms with Crippen LogP contribution in [-0.2, 0) is 29.3 Å². The lowest BCUT2D eigenvalue weighted by Crippen LogP contribution is -2.26. The second-order valence-corrected chi connectivity index (χ2v) is 4.87. The summed E-state index contributed by atoms with van der Waals surface area (Å²) in [4.78, 5) is 36.2. The lowest BCUT2D eigenvalue weighted by molar-refractivity contribution is -0.148. The average Bonchev–Trinajstić information content (AvgIpc) is 3.08. The van der Waals surface area contributed by atoms with Crippen molar-refractivity contribution in [3.05, 3.63) is 29.8 Å². The minimum Gasteiger partial charge on any atom is -0.469 e. The van der Waals surface area contributed by atoms with Crippen molar-refractivity contribution in [3.8, 4) is 0 Å². The molecule has 0 saturated heterocycles. The van der Waals surface area contributed by atoms with Gasteiger partial charge in [0.1, 0.15) is 5.41 Å². The van der Waals surface area contributed by atoms with E-state index in [-0.39, 0.29) is 5.91 Å². The zero-order valence-electron chi connectivity index (χ0n) is 11.0. The molecule has 1 aliphatic heterocycles. The van der Waals surface area contributed by atoms with Crippen molar-refractivity contribution in [3.63, 3.8) is 0 Å². The van der Waals surface area contributed by atoms with Gasteiger partial charge in [0.2, 0.25) is 5.91 Å². The van der Waals surface area contributed by atoms with Crippen molar-refractivity contribution < 1.29 is 23.9 Å². The third kappa shape index (κ3) is 1.31. The number of esters is 2. The molecular weight excluding hydrogens is 262 g/mol. The summed E-state index contributed by atoms with van der Waals surface area (Å²) < 4.78 is 9.44. The van der Waals surface area contributed by atoms with Crippen LogP contribution in [0.15, 0.2) is 24.3 Å². The zero-order valence-corrected chi connectivity index (χ0v) is 11.0. The van der Waals surface area contributed by atoms with Crippen LogP contribution in [0.3, 0.4) is 0 Å². The van der Waals surface area contributed by atoms with Gasteiger partial charge >= 0.3 is 11.9 Å². The van der Waals surface area contributed by atoms with E-state index in [0.717, 1.165) is 0 Å². The van der Waals surface area contributed by atoms with Gasteiger partial charge in [-0.3, -0.25) is 14.4 Å². The molecule has 0 bridgehead atoms. The fourth-order valence-corrected chi connectivity index (χ4v) is 3.20. The molecule has 1 spiro atoms. The molecule has 2 aliphatic rings. The summed E-state index contributed by atoms with van der Waals surface area (Å²) in [5.41, 5.74) is 0.0881. The molecule has 1 heterocycles. The summed E-state index contributed by atoms with van der Waals surface area (Å²) in [6, 6.07) is 7.03. The number of nitrogens with one attached hydrogen (secondary N) is 1. The molecule has 1 fully saturated rings. The molecule has 2 atom stereocenters. The molecule has 6 nitrogen and oxygen atoms in total. The highest BCUT2D eigenvalue weighted by atomic mass is 16.5. The van der Waals surface area contributed by atoms with E-state index in [1.54, 1.807) is 24.3 Å². The van der Waals surface area contributed by atoms with Crippen molar-refractivity contribution in [1.29, 1.82) is 0 Å². The summed E-state index contributed by atoms with van der Waals surface area (Å²) >= 11 is 0. The standard InChI is InChI=1S/C14H13NO5/c1-19-11(16)9-10(12(17)20-2)14(9)7-5-3-4-6-8(7)15-13(14)18/h3-6,9-10H,1-2H3,(H,15,18)/t9-,10-/m1/s1. The second-order valence-electron chi connectivity index (χ2n) is 4.87. The van der Waals surface area contributed by atoms with Crippen molar-refractivity contribution in [2.24, 2.45) is 11.8 Å². The van der Waals surface area contributed by atoms with Crippen LogP contribution in [0.4, 0.5) is 5.69 Å². The van der Waals surface area contributed by atoms with E-state index in [4.69, 9.17) is 9.47 Å². The maximum atomic E-state index is 12.4. The highest BCUT2D eigenvalue weighted by Gasteiger charge is 2.80. The molecule has 104 valence electrons. The molecular formula is C14H13NO5. The SMILES string of the molecule is COC(=O)[C@H]1[C@H](C(=O)OC)C12C(=O)Nc1ccccc12. The van der Waals surface area contributed by atoms with Gasteiger partial charge in [-0.25, -0.2) is 0 Å². The smallest absolute Gasteiger partial charge is 0.311 e. The Hall–Kier alpha value is -2.37. The first-order chi connectivity index (χ1) is 9.58. The van der Waals surface area contributed by atoms with Gasteiger partial charge in [0, 0.05) is 5.69 Å². The van der Waals surface area contributed by atoms with E-state index in [1.807, 2.05) is 0 Å². The topological polar surface area (TPSA) is 81.7 Å². The van der Waals surface area contributed by atoms with Gasteiger partial charge in [-0.2, -0.15) is 0 Å². The molecule has 1 saturated carbocycles. The third-order valence-corrected chi connectivity index (χ3v) is 4.11. The molecule has 6 heteroatoms. The number of carbonyl (C=O) groups excluding carboxylic acids is 3. The number of methoxy groups -OCH3 is 2. The number of carbonyl (C=O) groups is 3. The molecule has 0 unspecified atom stereocenters. The number of benzene rings is 1.